The molecule has 0 aliphatic rings. The molecule has 1 atom stereocenters. The van der Waals surface area contributed by atoms with Crippen LogP contribution in [0.4, 0.5) is 0 Å². The van der Waals surface area contributed by atoms with Gasteiger partial charge in [-0.3, -0.25) is 4.99 Å². The van der Waals surface area contributed by atoms with Gasteiger partial charge in [0.15, 0.2) is 5.96 Å². The Labute approximate surface area is 180 Å². The molecule has 1 aromatic carbocycles. The van der Waals surface area contributed by atoms with Gasteiger partial charge < -0.3 is 29.7 Å². The lowest BCUT2D eigenvalue weighted by molar-refractivity contribution is 0.180. The van der Waals surface area contributed by atoms with Crippen LogP contribution < -0.4 is 20.1 Å². The average Bonchev–Trinajstić information content (AvgIpc) is 2.65. The Balaban J connectivity index is 0.00000676. The quantitative estimate of drug-likeness (QED) is 0.201. The monoisotopic (exact) mass is 494 g/mol. The summed E-state index contributed by atoms with van der Waals surface area (Å²) in [5.41, 5.74) is 0. The Morgan fingerprint density at radius 2 is 1.78 bits per heavy atom. The van der Waals surface area contributed by atoms with E-state index in [0.29, 0.717) is 6.54 Å². The minimum Gasteiger partial charge on any atom is -0.497 e. The minimum atomic E-state index is 0. The molecule has 0 saturated carbocycles. The van der Waals surface area contributed by atoms with Crippen molar-refractivity contribution < 1.29 is 14.2 Å². The van der Waals surface area contributed by atoms with Crippen molar-refractivity contribution in [2.24, 2.45) is 4.99 Å². The first kappa shape index (κ1) is 25.7. The smallest absolute Gasteiger partial charge is 0.191 e. The normalized spacial score (nSPS) is 12.3. The van der Waals surface area contributed by atoms with Gasteiger partial charge in [0.2, 0.25) is 0 Å². The third-order valence-electron chi connectivity index (χ3n) is 3.85. The fourth-order valence-electron chi connectivity index (χ4n) is 2.35. The number of ether oxygens (including phenoxy) is 3. The molecule has 0 heterocycles. The van der Waals surface area contributed by atoms with Crippen LogP contribution in [0.25, 0.3) is 0 Å². The summed E-state index contributed by atoms with van der Waals surface area (Å²) >= 11 is 0. The average molecular weight is 494 g/mol. The van der Waals surface area contributed by atoms with Crippen LogP contribution in [0.3, 0.4) is 0 Å². The van der Waals surface area contributed by atoms with Crippen molar-refractivity contribution in [1.29, 1.82) is 0 Å². The Morgan fingerprint density at radius 1 is 1.11 bits per heavy atom. The van der Waals surface area contributed by atoms with Crippen LogP contribution in [0.1, 0.15) is 13.3 Å². The van der Waals surface area contributed by atoms with E-state index in [0.717, 1.165) is 50.1 Å². The van der Waals surface area contributed by atoms with Crippen molar-refractivity contribution in [2.45, 2.75) is 19.4 Å². The predicted molar refractivity (Wildman–Crippen MR) is 122 cm³/mol. The number of aliphatic imine (C=N–C) groups is 1. The van der Waals surface area contributed by atoms with Crippen molar-refractivity contribution in [1.82, 2.24) is 15.5 Å². The van der Waals surface area contributed by atoms with Crippen LogP contribution in [-0.4, -0.2) is 78.1 Å². The number of hydrogen-bond donors (Lipinski definition) is 2. The van der Waals surface area contributed by atoms with E-state index in [4.69, 9.17) is 14.2 Å². The first-order valence-corrected chi connectivity index (χ1v) is 9.01. The number of rotatable bonds is 12. The van der Waals surface area contributed by atoms with Gasteiger partial charge in [0, 0.05) is 40.4 Å². The number of methoxy groups -OCH3 is 2. The molecule has 156 valence electrons. The first-order chi connectivity index (χ1) is 12.6. The molecule has 1 unspecified atom stereocenters. The van der Waals surface area contributed by atoms with Crippen LogP contribution in [0, 0.1) is 0 Å². The molecule has 0 aliphatic heterocycles. The third kappa shape index (κ3) is 11.9. The van der Waals surface area contributed by atoms with Crippen molar-refractivity contribution in [3.8, 4) is 11.5 Å². The fraction of sp³-hybridized carbons (Fsp3) is 0.632. The Kier molecular flexibility index (Phi) is 15.0. The van der Waals surface area contributed by atoms with E-state index in [1.807, 2.05) is 31.2 Å². The first-order valence-electron chi connectivity index (χ1n) is 9.01. The molecule has 27 heavy (non-hydrogen) atoms. The van der Waals surface area contributed by atoms with Crippen molar-refractivity contribution in [3.63, 3.8) is 0 Å². The lowest BCUT2D eigenvalue weighted by Gasteiger charge is -2.20. The summed E-state index contributed by atoms with van der Waals surface area (Å²) in [5, 5.41) is 6.61. The molecule has 0 bridgehead atoms. The lowest BCUT2D eigenvalue weighted by atomic mass is 10.3. The largest absolute Gasteiger partial charge is 0.497 e. The molecule has 1 rings (SSSR count). The fourth-order valence-corrected chi connectivity index (χ4v) is 2.35. The molecule has 0 fully saturated rings. The summed E-state index contributed by atoms with van der Waals surface area (Å²) in [6.45, 7) is 6.28. The van der Waals surface area contributed by atoms with E-state index in [2.05, 4.69) is 27.6 Å². The van der Waals surface area contributed by atoms with Crippen LogP contribution in [0.2, 0.25) is 0 Å². The van der Waals surface area contributed by atoms with E-state index >= 15 is 0 Å². The second kappa shape index (κ2) is 15.8. The molecule has 0 amide bonds. The number of nitrogens with one attached hydrogen (secondary N) is 2. The van der Waals surface area contributed by atoms with Gasteiger partial charge in [0.25, 0.3) is 0 Å². The summed E-state index contributed by atoms with van der Waals surface area (Å²) in [6.07, 6.45) is 1.05. The van der Waals surface area contributed by atoms with E-state index in [1.165, 1.54) is 0 Å². The number of hydrogen-bond acceptors (Lipinski definition) is 5. The molecule has 0 radical (unpaired) electrons. The lowest BCUT2D eigenvalue weighted by Crippen LogP contribution is -2.44. The maximum atomic E-state index is 5.89. The van der Waals surface area contributed by atoms with Crippen molar-refractivity contribution in [2.75, 3.05) is 61.1 Å². The van der Waals surface area contributed by atoms with Crippen molar-refractivity contribution >= 4 is 29.9 Å². The molecular formula is C19H35IN4O3. The summed E-state index contributed by atoms with van der Waals surface area (Å²) in [7, 11) is 7.26. The summed E-state index contributed by atoms with van der Waals surface area (Å²) in [5.74, 6) is 2.42. The predicted octanol–water partition coefficient (Wildman–Crippen LogP) is 2.21. The van der Waals surface area contributed by atoms with Gasteiger partial charge in [-0.2, -0.15) is 0 Å². The highest BCUT2D eigenvalue weighted by Crippen LogP contribution is 2.17. The van der Waals surface area contributed by atoms with Gasteiger partial charge >= 0.3 is 0 Å². The van der Waals surface area contributed by atoms with E-state index in [9.17, 15) is 0 Å². The zero-order valence-electron chi connectivity index (χ0n) is 17.2. The molecular weight excluding hydrogens is 459 g/mol. The standard InChI is InChI=1S/C19H34N4O3.HI/c1-16(26-18-9-7-17(25-5)8-10-18)15-22-19(20-2)21-11-13-23(3)12-6-14-24-4;/h7-10,16H,6,11-15H2,1-5H3,(H2,20,21,22);1H. The van der Waals surface area contributed by atoms with Gasteiger partial charge in [0.05, 0.1) is 13.7 Å². The van der Waals surface area contributed by atoms with E-state index < -0.39 is 0 Å². The molecule has 0 aromatic heterocycles. The molecule has 0 aliphatic carbocycles. The highest BCUT2D eigenvalue weighted by Gasteiger charge is 2.06. The maximum Gasteiger partial charge on any atom is 0.191 e. The van der Waals surface area contributed by atoms with Crippen LogP contribution in [0.15, 0.2) is 29.3 Å². The van der Waals surface area contributed by atoms with E-state index in [-0.39, 0.29) is 30.1 Å². The molecule has 0 spiro atoms. The number of nitrogens with zero attached hydrogens (tertiary/aromatic N) is 2. The molecule has 8 heteroatoms. The number of likely N-dealkylation sites (N-methyl/N-ethyl adjacent to an activating group) is 1. The minimum absolute atomic E-state index is 0. The second-order valence-corrected chi connectivity index (χ2v) is 6.13. The zero-order chi connectivity index (χ0) is 19.2. The second-order valence-electron chi connectivity index (χ2n) is 6.13. The summed E-state index contributed by atoms with van der Waals surface area (Å²) in [4.78, 5) is 6.52. The van der Waals surface area contributed by atoms with Crippen LogP contribution in [-0.2, 0) is 4.74 Å². The Bertz CT molecular complexity index is 514. The molecule has 7 nitrogen and oxygen atoms in total. The number of guanidine groups is 1. The molecule has 0 saturated heterocycles. The number of benzene rings is 1. The van der Waals surface area contributed by atoms with Gasteiger partial charge in [-0.1, -0.05) is 0 Å². The maximum absolute atomic E-state index is 5.89. The van der Waals surface area contributed by atoms with Gasteiger partial charge in [0.1, 0.15) is 17.6 Å². The number of halogens is 1. The molecule has 1 aromatic rings. The van der Waals surface area contributed by atoms with Crippen LogP contribution in [0.5, 0.6) is 11.5 Å². The van der Waals surface area contributed by atoms with Crippen molar-refractivity contribution in [3.05, 3.63) is 24.3 Å². The third-order valence-corrected chi connectivity index (χ3v) is 3.85. The Morgan fingerprint density at radius 3 is 2.37 bits per heavy atom. The topological polar surface area (TPSA) is 67.4 Å². The van der Waals surface area contributed by atoms with Gasteiger partial charge in [-0.05, 0) is 44.7 Å². The zero-order valence-corrected chi connectivity index (χ0v) is 19.5. The van der Waals surface area contributed by atoms with Gasteiger partial charge in [-0.25, -0.2) is 0 Å². The van der Waals surface area contributed by atoms with Crippen LogP contribution >= 0.6 is 24.0 Å². The molecule has 2 N–H and O–H groups in total. The summed E-state index contributed by atoms with van der Waals surface area (Å²) in [6, 6.07) is 7.59. The Hall–Kier alpha value is -1.26. The summed E-state index contributed by atoms with van der Waals surface area (Å²) < 4.78 is 16.1. The van der Waals surface area contributed by atoms with E-state index in [1.54, 1.807) is 21.3 Å². The van der Waals surface area contributed by atoms with Gasteiger partial charge in [-0.15, -0.1) is 24.0 Å². The highest BCUT2D eigenvalue weighted by atomic mass is 127. The highest BCUT2D eigenvalue weighted by molar-refractivity contribution is 14.0. The SMILES string of the molecule is CN=C(NCCN(C)CCCOC)NCC(C)Oc1ccc(OC)cc1.I.